The Morgan fingerprint density at radius 3 is 2.40 bits per heavy atom. The van der Waals surface area contributed by atoms with Crippen molar-refractivity contribution >= 4 is 23.6 Å². The van der Waals surface area contributed by atoms with Crippen LogP contribution in [-0.4, -0.2) is 34.6 Å². The molecule has 2 amide bonds. The van der Waals surface area contributed by atoms with Crippen LogP contribution in [0.4, 0.5) is 4.39 Å². The molecule has 0 aromatic heterocycles. The van der Waals surface area contributed by atoms with Crippen LogP contribution in [0.3, 0.4) is 0 Å². The van der Waals surface area contributed by atoms with Crippen molar-refractivity contribution in [2.45, 2.75) is 56.5 Å². The first-order valence-corrected chi connectivity index (χ1v) is 11.4. The standard InChI is InChI=1S/C24H27FN2O2S/c1-24(2,3)17-9-7-15(8-10-17)22(29)27-20(21(28)26-19-11-12-19)14-30-23(27)16-5-4-6-18(25)13-16/h4-10,13,19-20,23H,11-12,14H2,1-3H3,(H,26,28)/t20-,23+/m0/s1. The molecule has 4 nitrogen and oxygen atoms in total. The minimum absolute atomic E-state index is 0.0120. The Labute approximate surface area is 181 Å². The van der Waals surface area contributed by atoms with Crippen molar-refractivity contribution in [3.63, 3.8) is 0 Å². The fourth-order valence-electron chi connectivity index (χ4n) is 3.66. The molecule has 2 atom stereocenters. The zero-order valence-corrected chi connectivity index (χ0v) is 18.3. The number of thioether (sulfide) groups is 1. The number of carbonyl (C=O) groups excluding carboxylic acids is 2. The average Bonchev–Trinajstić information content (AvgIpc) is 3.40. The van der Waals surface area contributed by atoms with Gasteiger partial charge in [0.2, 0.25) is 5.91 Å². The molecule has 1 aliphatic carbocycles. The van der Waals surface area contributed by atoms with Gasteiger partial charge in [-0.3, -0.25) is 9.59 Å². The van der Waals surface area contributed by atoms with Crippen LogP contribution < -0.4 is 5.32 Å². The van der Waals surface area contributed by atoms with Gasteiger partial charge in [-0.1, -0.05) is 45.0 Å². The van der Waals surface area contributed by atoms with E-state index in [4.69, 9.17) is 0 Å². The molecule has 1 saturated heterocycles. The largest absolute Gasteiger partial charge is 0.352 e. The van der Waals surface area contributed by atoms with Gasteiger partial charge in [0.05, 0.1) is 0 Å². The number of benzene rings is 2. The first-order chi connectivity index (χ1) is 14.2. The Hall–Kier alpha value is -2.34. The molecular formula is C24H27FN2O2S. The summed E-state index contributed by atoms with van der Waals surface area (Å²) >= 11 is 1.50. The van der Waals surface area contributed by atoms with Crippen LogP contribution in [0.1, 0.15) is 60.5 Å². The van der Waals surface area contributed by atoms with E-state index < -0.39 is 11.4 Å². The van der Waals surface area contributed by atoms with E-state index in [1.54, 1.807) is 11.0 Å². The maximum Gasteiger partial charge on any atom is 0.255 e. The number of rotatable bonds is 4. The summed E-state index contributed by atoms with van der Waals surface area (Å²) in [6, 6.07) is 13.5. The number of nitrogens with one attached hydrogen (secondary N) is 1. The lowest BCUT2D eigenvalue weighted by Crippen LogP contribution is -2.48. The molecule has 6 heteroatoms. The maximum atomic E-state index is 13.9. The Kier molecular flexibility index (Phi) is 5.62. The van der Waals surface area contributed by atoms with E-state index in [-0.39, 0.29) is 29.1 Å². The van der Waals surface area contributed by atoms with E-state index >= 15 is 0 Å². The van der Waals surface area contributed by atoms with E-state index in [0.717, 1.165) is 18.4 Å². The molecule has 2 fully saturated rings. The van der Waals surface area contributed by atoms with Crippen molar-refractivity contribution in [3.8, 4) is 0 Å². The summed E-state index contributed by atoms with van der Waals surface area (Å²) in [7, 11) is 0. The number of carbonyl (C=O) groups is 2. The molecule has 0 bridgehead atoms. The summed E-state index contributed by atoms with van der Waals surface area (Å²) in [6.07, 6.45) is 1.97. The second kappa shape index (κ2) is 8.06. The summed E-state index contributed by atoms with van der Waals surface area (Å²) in [4.78, 5) is 28.0. The first kappa shape index (κ1) is 20.9. The van der Waals surface area contributed by atoms with Gasteiger partial charge in [-0.25, -0.2) is 4.39 Å². The molecule has 158 valence electrons. The van der Waals surface area contributed by atoms with Gasteiger partial charge in [0.1, 0.15) is 17.2 Å². The topological polar surface area (TPSA) is 49.4 Å². The van der Waals surface area contributed by atoms with Crippen molar-refractivity contribution in [1.82, 2.24) is 10.2 Å². The fourth-order valence-corrected chi connectivity index (χ4v) is 5.08. The lowest BCUT2D eigenvalue weighted by molar-refractivity contribution is -0.125. The number of halogens is 1. The van der Waals surface area contributed by atoms with Crippen LogP contribution in [0.5, 0.6) is 0 Å². The smallest absolute Gasteiger partial charge is 0.255 e. The molecule has 1 saturated carbocycles. The van der Waals surface area contributed by atoms with Crippen molar-refractivity contribution < 1.29 is 14.0 Å². The summed E-state index contributed by atoms with van der Waals surface area (Å²) < 4.78 is 13.9. The van der Waals surface area contributed by atoms with Crippen molar-refractivity contribution in [2.75, 3.05) is 5.75 Å². The summed E-state index contributed by atoms with van der Waals surface area (Å²) in [5.74, 6) is -0.180. The van der Waals surface area contributed by atoms with Crippen molar-refractivity contribution in [2.24, 2.45) is 0 Å². The molecule has 30 heavy (non-hydrogen) atoms. The van der Waals surface area contributed by atoms with Crippen LogP contribution >= 0.6 is 11.8 Å². The Bertz CT molecular complexity index is 950. The van der Waals surface area contributed by atoms with E-state index in [1.807, 2.05) is 30.3 Å². The molecule has 2 aromatic rings. The molecule has 1 aliphatic heterocycles. The van der Waals surface area contributed by atoms with E-state index in [0.29, 0.717) is 16.9 Å². The van der Waals surface area contributed by atoms with Gasteiger partial charge in [0, 0.05) is 17.4 Å². The van der Waals surface area contributed by atoms with Gasteiger partial charge in [0.25, 0.3) is 5.91 Å². The second-order valence-corrected chi connectivity index (χ2v) is 10.2. The highest BCUT2D eigenvalue weighted by molar-refractivity contribution is 7.99. The highest BCUT2D eigenvalue weighted by Crippen LogP contribution is 2.42. The van der Waals surface area contributed by atoms with Crippen LogP contribution in [-0.2, 0) is 10.2 Å². The van der Waals surface area contributed by atoms with Gasteiger partial charge in [-0.05, 0) is 53.6 Å². The lowest BCUT2D eigenvalue weighted by Gasteiger charge is -2.29. The molecule has 1 N–H and O–H groups in total. The molecule has 2 aromatic carbocycles. The molecule has 0 spiro atoms. The first-order valence-electron chi connectivity index (χ1n) is 10.3. The zero-order valence-electron chi connectivity index (χ0n) is 17.5. The summed E-state index contributed by atoms with van der Waals surface area (Å²) in [5.41, 5.74) is 2.36. The number of amides is 2. The predicted molar refractivity (Wildman–Crippen MR) is 118 cm³/mol. The number of nitrogens with zero attached hydrogens (tertiary/aromatic N) is 1. The van der Waals surface area contributed by atoms with Crippen LogP contribution in [0.2, 0.25) is 0 Å². The normalized spacial score (nSPS) is 21.5. The maximum absolute atomic E-state index is 13.9. The molecule has 0 radical (unpaired) electrons. The lowest BCUT2D eigenvalue weighted by atomic mass is 9.86. The van der Waals surface area contributed by atoms with E-state index in [9.17, 15) is 14.0 Å². The molecule has 4 rings (SSSR count). The van der Waals surface area contributed by atoms with Crippen LogP contribution in [0, 0.1) is 5.82 Å². The van der Waals surface area contributed by atoms with Crippen molar-refractivity contribution in [1.29, 1.82) is 0 Å². The second-order valence-electron chi connectivity index (χ2n) is 9.08. The minimum atomic E-state index is -0.571. The van der Waals surface area contributed by atoms with Gasteiger partial charge in [0.15, 0.2) is 0 Å². The summed E-state index contributed by atoms with van der Waals surface area (Å²) in [6.45, 7) is 6.37. The number of hydrogen-bond donors (Lipinski definition) is 1. The highest BCUT2D eigenvalue weighted by atomic mass is 32.2. The van der Waals surface area contributed by atoms with Gasteiger partial charge in [-0.15, -0.1) is 11.8 Å². The van der Waals surface area contributed by atoms with Gasteiger partial charge >= 0.3 is 0 Å². The third kappa shape index (κ3) is 4.38. The van der Waals surface area contributed by atoms with E-state index in [1.165, 1.54) is 23.9 Å². The number of hydrogen-bond acceptors (Lipinski definition) is 3. The minimum Gasteiger partial charge on any atom is -0.352 e. The molecule has 1 heterocycles. The third-order valence-electron chi connectivity index (χ3n) is 5.59. The van der Waals surface area contributed by atoms with Gasteiger partial charge in [-0.2, -0.15) is 0 Å². The SMILES string of the molecule is CC(C)(C)c1ccc(C(=O)N2[C@@H](c3cccc(F)c3)SC[C@H]2C(=O)NC2CC2)cc1. The molecular weight excluding hydrogens is 399 g/mol. The van der Waals surface area contributed by atoms with Crippen molar-refractivity contribution in [3.05, 3.63) is 71.0 Å². The third-order valence-corrected chi connectivity index (χ3v) is 6.92. The van der Waals surface area contributed by atoms with Crippen LogP contribution in [0.15, 0.2) is 48.5 Å². The molecule has 0 unspecified atom stereocenters. The predicted octanol–water partition coefficient (Wildman–Crippen LogP) is 4.66. The highest BCUT2D eigenvalue weighted by Gasteiger charge is 2.43. The van der Waals surface area contributed by atoms with E-state index in [2.05, 4.69) is 26.1 Å². The zero-order chi connectivity index (χ0) is 21.5. The van der Waals surface area contributed by atoms with Crippen LogP contribution in [0.25, 0.3) is 0 Å². The monoisotopic (exact) mass is 426 g/mol. The molecule has 2 aliphatic rings. The van der Waals surface area contributed by atoms with Gasteiger partial charge < -0.3 is 10.2 Å². The fraction of sp³-hybridized carbons (Fsp3) is 0.417. The Morgan fingerprint density at radius 2 is 1.80 bits per heavy atom. The average molecular weight is 427 g/mol. The quantitative estimate of drug-likeness (QED) is 0.774. The Morgan fingerprint density at radius 1 is 1.10 bits per heavy atom. The summed E-state index contributed by atoms with van der Waals surface area (Å²) in [5, 5.41) is 2.63. The Balaban J connectivity index is 1.65.